The molecule has 0 aliphatic carbocycles. The Morgan fingerprint density at radius 2 is 2.50 bits per heavy atom. The first-order chi connectivity index (χ1) is 3.43. The molecule has 0 aromatic rings. The SMILES string of the molecule is Cl.NCC1=NCCN1. The van der Waals surface area contributed by atoms with Gasteiger partial charge in [-0.1, -0.05) is 0 Å². The van der Waals surface area contributed by atoms with Crippen LogP contribution in [0.15, 0.2) is 4.99 Å². The number of amidine groups is 1. The first-order valence-electron chi connectivity index (χ1n) is 2.41. The normalized spacial score (nSPS) is 16.4. The lowest BCUT2D eigenvalue weighted by atomic mass is 10.6. The number of hydrogen-bond donors (Lipinski definition) is 2. The molecule has 1 heterocycles. The first-order valence-corrected chi connectivity index (χ1v) is 2.41. The molecule has 3 N–H and O–H groups in total. The van der Waals surface area contributed by atoms with E-state index in [4.69, 9.17) is 5.73 Å². The molecule has 0 aromatic carbocycles. The Hall–Kier alpha value is -0.280. The van der Waals surface area contributed by atoms with E-state index in [0.717, 1.165) is 18.9 Å². The van der Waals surface area contributed by atoms with Crippen LogP contribution in [-0.4, -0.2) is 25.5 Å². The number of nitrogens with zero attached hydrogens (tertiary/aromatic N) is 1. The van der Waals surface area contributed by atoms with Gasteiger partial charge in [-0.25, -0.2) is 0 Å². The van der Waals surface area contributed by atoms with Crippen LogP contribution in [-0.2, 0) is 0 Å². The minimum Gasteiger partial charge on any atom is -0.371 e. The van der Waals surface area contributed by atoms with Gasteiger partial charge >= 0.3 is 0 Å². The topological polar surface area (TPSA) is 50.4 Å². The molecule has 0 fully saturated rings. The van der Waals surface area contributed by atoms with Gasteiger partial charge in [0.2, 0.25) is 0 Å². The summed E-state index contributed by atoms with van der Waals surface area (Å²) in [7, 11) is 0. The van der Waals surface area contributed by atoms with Crippen LogP contribution in [0.5, 0.6) is 0 Å². The number of aliphatic imine (C=N–C) groups is 1. The Labute approximate surface area is 54.8 Å². The molecular formula is C4H10ClN3. The molecule has 0 spiro atoms. The Balaban J connectivity index is 0.000000490. The predicted octanol–water partition coefficient (Wildman–Crippen LogP) is -0.631. The molecule has 8 heavy (non-hydrogen) atoms. The second-order valence-corrected chi connectivity index (χ2v) is 1.46. The van der Waals surface area contributed by atoms with Gasteiger partial charge in [-0.3, -0.25) is 4.99 Å². The summed E-state index contributed by atoms with van der Waals surface area (Å²) >= 11 is 0. The third-order valence-electron chi connectivity index (χ3n) is 0.937. The minimum absolute atomic E-state index is 0. The molecule has 0 radical (unpaired) electrons. The summed E-state index contributed by atoms with van der Waals surface area (Å²) in [5.41, 5.74) is 5.24. The molecule has 1 aliphatic heterocycles. The molecule has 0 saturated carbocycles. The number of halogens is 1. The molecule has 0 saturated heterocycles. The molecule has 1 aliphatic rings. The summed E-state index contributed by atoms with van der Waals surface area (Å²) in [6.45, 7) is 2.42. The van der Waals surface area contributed by atoms with Gasteiger partial charge in [0.05, 0.1) is 13.1 Å². The van der Waals surface area contributed by atoms with Gasteiger partial charge in [-0.2, -0.15) is 0 Å². The van der Waals surface area contributed by atoms with E-state index in [1.165, 1.54) is 0 Å². The van der Waals surface area contributed by atoms with Gasteiger partial charge in [0, 0.05) is 6.54 Å². The average Bonchev–Trinajstić information content (AvgIpc) is 2.14. The highest BCUT2D eigenvalue weighted by Crippen LogP contribution is 1.79. The van der Waals surface area contributed by atoms with Crippen molar-refractivity contribution in [2.45, 2.75) is 0 Å². The van der Waals surface area contributed by atoms with E-state index in [-0.39, 0.29) is 12.4 Å². The van der Waals surface area contributed by atoms with E-state index in [9.17, 15) is 0 Å². The highest BCUT2D eigenvalue weighted by molar-refractivity contribution is 5.85. The maximum absolute atomic E-state index is 5.24. The van der Waals surface area contributed by atoms with E-state index in [2.05, 4.69) is 10.3 Å². The van der Waals surface area contributed by atoms with Gasteiger partial charge in [-0.15, -0.1) is 12.4 Å². The second-order valence-electron chi connectivity index (χ2n) is 1.46. The third kappa shape index (κ3) is 1.68. The summed E-state index contributed by atoms with van der Waals surface area (Å²) in [5, 5.41) is 3.03. The lowest BCUT2D eigenvalue weighted by molar-refractivity contribution is 0.954. The Bertz CT molecular complexity index is 91.3. The molecule has 0 bridgehead atoms. The summed E-state index contributed by atoms with van der Waals surface area (Å²) in [6.07, 6.45) is 0. The van der Waals surface area contributed by atoms with Crippen molar-refractivity contribution in [2.75, 3.05) is 19.6 Å². The van der Waals surface area contributed by atoms with Crippen molar-refractivity contribution in [1.29, 1.82) is 0 Å². The minimum atomic E-state index is 0. The highest BCUT2D eigenvalue weighted by Gasteiger charge is 1.98. The molecule has 4 heteroatoms. The third-order valence-corrected chi connectivity index (χ3v) is 0.937. The van der Waals surface area contributed by atoms with Crippen LogP contribution in [0.25, 0.3) is 0 Å². The average molecular weight is 136 g/mol. The van der Waals surface area contributed by atoms with Crippen molar-refractivity contribution in [3.05, 3.63) is 0 Å². The number of nitrogens with two attached hydrogens (primary N) is 1. The first kappa shape index (κ1) is 7.72. The lowest BCUT2D eigenvalue weighted by Gasteiger charge is -1.92. The molecule has 48 valence electrons. The van der Waals surface area contributed by atoms with Crippen LogP contribution in [0, 0.1) is 0 Å². The van der Waals surface area contributed by atoms with Crippen molar-refractivity contribution in [3.63, 3.8) is 0 Å². The van der Waals surface area contributed by atoms with Crippen LogP contribution in [0.2, 0.25) is 0 Å². The zero-order chi connectivity index (χ0) is 5.11. The Morgan fingerprint density at radius 3 is 2.75 bits per heavy atom. The number of nitrogens with one attached hydrogen (secondary N) is 1. The van der Waals surface area contributed by atoms with Crippen molar-refractivity contribution in [3.8, 4) is 0 Å². The van der Waals surface area contributed by atoms with Gasteiger partial charge in [-0.05, 0) is 0 Å². The van der Waals surface area contributed by atoms with Crippen LogP contribution in [0.3, 0.4) is 0 Å². The summed E-state index contributed by atoms with van der Waals surface area (Å²) < 4.78 is 0. The number of rotatable bonds is 1. The highest BCUT2D eigenvalue weighted by atomic mass is 35.5. The van der Waals surface area contributed by atoms with Gasteiger partial charge in [0.1, 0.15) is 5.84 Å². The van der Waals surface area contributed by atoms with Gasteiger partial charge in [0.15, 0.2) is 0 Å². The molecule has 0 atom stereocenters. The fraction of sp³-hybridized carbons (Fsp3) is 0.750. The summed E-state index contributed by atoms with van der Waals surface area (Å²) in [5.74, 6) is 0.944. The van der Waals surface area contributed by atoms with Gasteiger partial charge in [0.25, 0.3) is 0 Å². The summed E-state index contributed by atoms with van der Waals surface area (Å²) in [4.78, 5) is 4.03. The van der Waals surface area contributed by atoms with Gasteiger partial charge < -0.3 is 11.1 Å². The predicted molar refractivity (Wildman–Crippen MR) is 36.6 cm³/mol. The van der Waals surface area contributed by atoms with E-state index >= 15 is 0 Å². The van der Waals surface area contributed by atoms with E-state index in [0.29, 0.717) is 6.54 Å². The van der Waals surface area contributed by atoms with E-state index < -0.39 is 0 Å². The van der Waals surface area contributed by atoms with E-state index in [1.807, 2.05) is 0 Å². The molecule has 0 unspecified atom stereocenters. The smallest absolute Gasteiger partial charge is 0.110 e. The Morgan fingerprint density at radius 1 is 1.75 bits per heavy atom. The zero-order valence-corrected chi connectivity index (χ0v) is 5.37. The Kier molecular flexibility index (Phi) is 3.56. The van der Waals surface area contributed by atoms with Crippen molar-refractivity contribution in [2.24, 2.45) is 10.7 Å². The van der Waals surface area contributed by atoms with Crippen LogP contribution < -0.4 is 11.1 Å². The second kappa shape index (κ2) is 3.69. The maximum atomic E-state index is 5.24. The van der Waals surface area contributed by atoms with Crippen molar-refractivity contribution >= 4 is 18.2 Å². The van der Waals surface area contributed by atoms with Crippen molar-refractivity contribution in [1.82, 2.24) is 5.32 Å². The maximum Gasteiger partial charge on any atom is 0.110 e. The van der Waals surface area contributed by atoms with E-state index in [1.54, 1.807) is 0 Å². The summed E-state index contributed by atoms with van der Waals surface area (Å²) in [6, 6.07) is 0. The molecular weight excluding hydrogens is 126 g/mol. The quantitative estimate of drug-likeness (QED) is 0.503. The molecule has 0 aromatic heterocycles. The molecule has 1 rings (SSSR count). The van der Waals surface area contributed by atoms with Crippen LogP contribution in [0.1, 0.15) is 0 Å². The largest absolute Gasteiger partial charge is 0.371 e. The standard InChI is InChI=1S/C4H9N3.ClH/c5-3-4-6-1-2-7-4;/h1-3,5H2,(H,6,7);1H. The fourth-order valence-electron chi connectivity index (χ4n) is 0.584. The molecule has 3 nitrogen and oxygen atoms in total. The van der Waals surface area contributed by atoms with Crippen molar-refractivity contribution < 1.29 is 0 Å². The zero-order valence-electron chi connectivity index (χ0n) is 4.55. The lowest BCUT2D eigenvalue weighted by Crippen LogP contribution is -2.26. The number of hydrogen-bond acceptors (Lipinski definition) is 3. The molecule has 0 amide bonds. The fourth-order valence-corrected chi connectivity index (χ4v) is 0.584. The van der Waals surface area contributed by atoms with Crippen LogP contribution in [0.4, 0.5) is 0 Å². The monoisotopic (exact) mass is 135 g/mol. The van der Waals surface area contributed by atoms with Crippen LogP contribution >= 0.6 is 12.4 Å².